The standard InChI is InChI=1S/C52H93N15O8/c1-29(2)24-38(61-42(68)20-22-54)47(71)64-40(26-31(5)6)49(73)66-41(27-32(7)8)50(74)65-39(25-30(3)4)48(72)62-37(15-13-23-59-52(57)58)46(70)67-43(33(9)10)51(75)63-36(14-11-12-21-53)45(69)60-28-34-16-18-35(19-17-34)44(55)56/h16-19,29-33,36-41,43H,11-15,20-28,53-54H2,1-10H3,(H3,55,56)(H,60,69)(H,61,68)(H,62,72)(H,63,75)(H,64,71)(H,65,74)(H,66,73)(H,67,70)(H4,57,58,59)/t36-,37-,38+,39-,40-,41-,43-/m0/s1. The minimum absolute atomic E-state index is 0.0182. The first kappa shape index (κ1) is 66.7. The Balaban J connectivity index is 3.47. The Kier molecular flexibility index (Phi) is 31.1. The van der Waals surface area contributed by atoms with Gasteiger partial charge in [-0.15, -0.1) is 0 Å². The summed E-state index contributed by atoms with van der Waals surface area (Å²) >= 11 is 0. The predicted molar refractivity (Wildman–Crippen MR) is 292 cm³/mol. The maximum Gasteiger partial charge on any atom is 0.243 e. The Labute approximate surface area is 444 Å². The van der Waals surface area contributed by atoms with E-state index in [2.05, 4.69) is 47.5 Å². The molecule has 0 aliphatic carbocycles. The zero-order valence-corrected chi connectivity index (χ0v) is 46.2. The maximum absolute atomic E-state index is 14.4. The molecule has 1 aromatic rings. The minimum Gasteiger partial charge on any atom is -0.384 e. The van der Waals surface area contributed by atoms with Gasteiger partial charge in [0, 0.05) is 31.6 Å². The largest absolute Gasteiger partial charge is 0.384 e. The topological polar surface area (TPSA) is 399 Å². The van der Waals surface area contributed by atoms with Gasteiger partial charge in [-0.1, -0.05) is 93.5 Å². The molecule has 0 aliphatic rings. The number of aliphatic imine (C=N–C) groups is 1. The van der Waals surface area contributed by atoms with Crippen LogP contribution in [0.1, 0.15) is 145 Å². The molecule has 23 nitrogen and oxygen atoms in total. The van der Waals surface area contributed by atoms with Crippen LogP contribution in [0.2, 0.25) is 0 Å². The van der Waals surface area contributed by atoms with Crippen LogP contribution in [-0.4, -0.2) is 121 Å². The number of benzene rings is 1. The lowest BCUT2D eigenvalue weighted by Crippen LogP contribution is -2.61. The van der Waals surface area contributed by atoms with Crippen molar-refractivity contribution in [3.05, 3.63) is 35.4 Å². The van der Waals surface area contributed by atoms with E-state index in [1.165, 1.54) is 0 Å². The summed E-state index contributed by atoms with van der Waals surface area (Å²) in [7, 11) is 0. The van der Waals surface area contributed by atoms with E-state index >= 15 is 0 Å². The van der Waals surface area contributed by atoms with Crippen molar-refractivity contribution in [2.24, 2.45) is 63.3 Å². The number of amidine groups is 1. The SMILES string of the molecule is CC(C)C[C@H](NC(=O)[C@H](CC(C)C)NC(=O)[C@H](CC(C)C)NC(=O)[C@@H](CC(C)C)NC(=O)CCN)C(=O)N[C@@H](CCCN=C(N)N)C(=O)N[C@H](C(=O)N[C@@H](CCCCN)C(=O)NCc1ccc(C(=N)N)cc1)C(C)C. The van der Waals surface area contributed by atoms with Crippen molar-refractivity contribution in [2.75, 3.05) is 19.6 Å². The van der Waals surface area contributed by atoms with E-state index < -0.39 is 95.5 Å². The Morgan fingerprint density at radius 2 is 0.893 bits per heavy atom. The normalized spacial score (nSPS) is 14.1. The quantitative estimate of drug-likeness (QED) is 0.0246. The Hall–Kier alpha value is -6.36. The summed E-state index contributed by atoms with van der Waals surface area (Å²) in [4.78, 5) is 115. The highest BCUT2D eigenvalue weighted by Gasteiger charge is 2.35. The summed E-state index contributed by atoms with van der Waals surface area (Å²) < 4.78 is 0. The highest BCUT2D eigenvalue weighted by molar-refractivity contribution is 5.98. The zero-order valence-electron chi connectivity index (χ0n) is 46.2. The maximum atomic E-state index is 14.4. The first-order chi connectivity index (χ1) is 35.2. The third-order valence-corrected chi connectivity index (χ3v) is 11.9. The second kappa shape index (κ2) is 35.0. The molecule has 8 amide bonds. The zero-order chi connectivity index (χ0) is 56.9. The molecule has 0 aliphatic heterocycles. The second-order valence-corrected chi connectivity index (χ2v) is 21.3. The lowest BCUT2D eigenvalue weighted by atomic mass is 9.97. The lowest BCUT2D eigenvalue weighted by molar-refractivity contribution is -0.136. The number of unbranched alkanes of at least 4 members (excludes halogenated alkanes) is 1. The van der Waals surface area contributed by atoms with Crippen molar-refractivity contribution >= 4 is 59.1 Å². The fourth-order valence-corrected chi connectivity index (χ4v) is 8.00. The predicted octanol–water partition coefficient (Wildman–Crippen LogP) is 0.352. The summed E-state index contributed by atoms with van der Waals surface area (Å²) in [5.41, 5.74) is 29.3. The van der Waals surface area contributed by atoms with Crippen molar-refractivity contribution in [3.63, 3.8) is 0 Å². The molecule has 0 spiro atoms. The third kappa shape index (κ3) is 27.1. The van der Waals surface area contributed by atoms with E-state index in [1.807, 2.05) is 55.4 Å². The van der Waals surface area contributed by atoms with Crippen LogP contribution in [0.25, 0.3) is 0 Å². The van der Waals surface area contributed by atoms with Crippen LogP contribution >= 0.6 is 0 Å². The number of amides is 8. The van der Waals surface area contributed by atoms with Gasteiger partial charge in [-0.25, -0.2) is 0 Å². The van der Waals surface area contributed by atoms with Crippen LogP contribution in [-0.2, 0) is 44.9 Å². The van der Waals surface area contributed by atoms with E-state index in [1.54, 1.807) is 38.1 Å². The molecule has 424 valence electrons. The van der Waals surface area contributed by atoms with Gasteiger partial charge in [0.25, 0.3) is 0 Å². The molecule has 75 heavy (non-hydrogen) atoms. The Bertz CT molecular complexity index is 2020. The van der Waals surface area contributed by atoms with Crippen LogP contribution in [0.15, 0.2) is 29.3 Å². The van der Waals surface area contributed by atoms with Crippen LogP contribution < -0.4 is 71.2 Å². The van der Waals surface area contributed by atoms with E-state index in [0.29, 0.717) is 31.4 Å². The molecular formula is C52H93N15O8. The van der Waals surface area contributed by atoms with Gasteiger partial charge < -0.3 is 71.2 Å². The number of guanidine groups is 1. The van der Waals surface area contributed by atoms with Gasteiger partial charge in [0.2, 0.25) is 47.3 Å². The average molecular weight is 1060 g/mol. The second-order valence-electron chi connectivity index (χ2n) is 21.3. The minimum atomic E-state index is -1.25. The highest BCUT2D eigenvalue weighted by atomic mass is 16.2. The fourth-order valence-electron chi connectivity index (χ4n) is 8.00. The van der Waals surface area contributed by atoms with Crippen LogP contribution in [0, 0.1) is 35.0 Å². The number of nitrogens with two attached hydrogens (primary N) is 5. The monoisotopic (exact) mass is 1060 g/mol. The van der Waals surface area contributed by atoms with Gasteiger partial charge in [0.15, 0.2) is 5.96 Å². The molecule has 0 bridgehead atoms. The molecule has 0 radical (unpaired) electrons. The van der Waals surface area contributed by atoms with Crippen molar-refractivity contribution in [3.8, 4) is 0 Å². The average Bonchev–Trinajstić information content (AvgIpc) is 3.31. The Morgan fingerprint density at radius 1 is 0.493 bits per heavy atom. The van der Waals surface area contributed by atoms with Gasteiger partial charge in [-0.05, 0) is 99.5 Å². The first-order valence-corrected chi connectivity index (χ1v) is 26.5. The molecule has 23 heteroatoms. The van der Waals surface area contributed by atoms with Gasteiger partial charge in [0.05, 0.1) is 0 Å². The molecule has 0 fully saturated rings. The molecule has 0 saturated heterocycles. The van der Waals surface area contributed by atoms with Gasteiger partial charge >= 0.3 is 0 Å². The Morgan fingerprint density at radius 3 is 1.29 bits per heavy atom. The number of carbonyl (C=O) groups excluding carboxylic acids is 8. The van der Waals surface area contributed by atoms with Gasteiger partial charge in [-0.3, -0.25) is 48.8 Å². The summed E-state index contributed by atoms with van der Waals surface area (Å²) in [5.74, 6) is -5.79. The van der Waals surface area contributed by atoms with Gasteiger partial charge in [-0.2, -0.15) is 0 Å². The number of nitrogens with zero attached hydrogens (tertiary/aromatic N) is 1. The van der Waals surface area contributed by atoms with E-state index in [0.717, 1.165) is 5.56 Å². The molecule has 0 saturated carbocycles. The van der Waals surface area contributed by atoms with Crippen molar-refractivity contribution in [1.82, 2.24) is 42.5 Å². The van der Waals surface area contributed by atoms with Crippen molar-refractivity contribution in [2.45, 2.75) is 182 Å². The van der Waals surface area contributed by atoms with Crippen LogP contribution in [0.4, 0.5) is 0 Å². The molecule has 7 atom stereocenters. The smallest absolute Gasteiger partial charge is 0.243 e. The number of hydrogen-bond acceptors (Lipinski definition) is 12. The highest BCUT2D eigenvalue weighted by Crippen LogP contribution is 2.15. The molecular weight excluding hydrogens is 963 g/mol. The van der Waals surface area contributed by atoms with E-state index in [9.17, 15) is 38.4 Å². The first-order valence-electron chi connectivity index (χ1n) is 26.5. The number of nitrogens with one attached hydrogen (secondary N) is 9. The van der Waals surface area contributed by atoms with Crippen LogP contribution in [0.5, 0.6) is 0 Å². The van der Waals surface area contributed by atoms with Crippen molar-refractivity contribution < 1.29 is 38.4 Å². The summed E-state index contributed by atoms with van der Waals surface area (Å²) in [5, 5.41) is 30.0. The lowest BCUT2D eigenvalue weighted by Gasteiger charge is -2.30. The molecule has 19 N–H and O–H groups in total. The molecule has 0 aromatic heterocycles. The number of rotatable bonds is 36. The molecule has 1 aromatic carbocycles. The summed E-state index contributed by atoms with van der Waals surface area (Å²) in [6.07, 6.45) is 2.48. The van der Waals surface area contributed by atoms with Crippen LogP contribution in [0.3, 0.4) is 0 Å². The third-order valence-electron chi connectivity index (χ3n) is 11.9. The van der Waals surface area contributed by atoms with E-state index in [-0.39, 0.29) is 100 Å². The summed E-state index contributed by atoms with van der Waals surface area (Å²) in [6, 6.07) is -0.953. The fraction of sp³-hybridized carbons (Fsp3) is 0.692. The number of carbonyl (C=O) groups is 8. The number of nitrogen functional groups attached to an aromatic ring is 1. The van der Waals surface area contributed by atoms with E-state index in [4.69, 9.17) is 34.1 Å². The molecule has 0 unspecified atom stereocenters. The molecule has 1 rings (SSSR count). The van der Waals surface area contributed by atoms with Gasteiger partial charge in [0.1, 0.15) is 48.1 Å². The molecule has 0 heterocycles. The summed E-state index contributed by atoms with van der Waals surface area (Å²) in [6.45, 7) is 19.2. The van der Waals surface area contributed by atoms with Crippen molar-refractivity contribution in [1.29, 1.82) is 5.41 Å². The number of hydrogen-bond donors (Lipinski definition) is 14.